The van der Waals surface area contributed by atoms with Crippen LogP contribution in [0.5, 0.6) is 5.75 Å². The summed E-state index contributed by atoms with van der Waals surface area (Å²) in [4.78, 5) is 23.7. The fraction of sp³-hybridized carbons (Fsp3) is 0.211. The van der Waals surface area contributed by atoms with Crippen molar-refractivity contribution < 1.29 is 14.3 Å². The van der Waals surface area contributed by atoms with E-state index in [1.807, 2.05) is 62.4 Å². The van der Waals surface area contributed by atoms with E-state index in [0.29, 0.717) is 5.75 Å². The van der Waals surface area contributed by atoms with E-state index in [-0.39, 0.29) is 24.0 Å². The normalized spacial score (nSPS) is 9.92. The Morgan fingerprint density at radius 2 is 1.62 bits per heavy atom. The Bertz CT molecular complexity index is 774. The van der Waals surface area contributed by atoms with Crippen LogP contribution in [-0.2, 0) is 16.0 Å². The lowest BCUT2D eigenvalue weighted by Gasteiger charge is -2.12. The van der Waals surface area contributed by atoms with E-state index < -0.39 is 5.91 Å². The third kappa shape index (κ3) is 6.90. The Morgan fingerprint density at radius 3 is 2.27 bits per heavy atom. The van der Waals surface area contributed by atoms with Crippen LogP contribution >= 0.6 is 12.2 Å². The topological polar surface area (TPSA) is 79.5 Å². The number of thiocarbonyl (C=S) groups is 1. The molecule has 0 aromatic heterocycles. The van der Waals surface area contributed by atoms with Gasteiger partial charge in [-0.1, -0.05) is 36.4 Å². The maximum atomic E-state index is 11.9. The molecule has 0 atom stereocenters. The first kappa shape index (κ1) is 19.4. The largest absolute Gasteiger partial charge is 0.484 e. The predicted molar refractivity (Wildman–Crippen MR) is 104 cm³/mol. The predicted octanol–water partition coefficient (Wildman–Crippen LogP) is 1.95. The van der Waals surface area contributed by atoms with E-state index in [1.54, 1.807) is 0 Å². The number of aryl methyl sites for hydroxylation is 2. The average molecular weight is 371 g/mol. The minimum absolute atomic E-state index is 0.0191. The fourth-order valence-electron chi connectivity index (χ4n) is 2.31. The quantitative estimate of drug-likeness (QED) is 0.553. The van der Waals surface area contributed by atoms with E-state index in [0.717, 1.165) is 16.7 Å². The lowest BCUT2D eigenvalue weighted by atomic mass is 10.1. The highest BCUT2D eigenvalue weighted by Crippen LogP contribution is 2.15. The second-order valence-corrected chi connectivity index (χ2v) is 6.23. The molecule has 2 rings (SSSR count). The molecular weight excluding hydrogens is 350 g/mol. The van der Waals surface area contributed by atoms with Crippen molar-refractivity contribution in [3.05, 3.63) is 65.2 Å². The summed E-state index contributed by atoms with van der Waals surface area (Å²) < 4.78 is 5.44. The molecular formula is C19H21N3O3S. The standard InChI is InChI=1S/C19H21N3O3S/c1-13-8-14(2)10-16(9-13)25-12-18(24)21-22-19(26)20-17(23)11-15-6-4-3-5-7-15/h3-10H,11-12H2,1-2H3,(H,21,24)(H2,20,22,23,26). The van der Waals surface area contributed by atoms with Crippen LogP contribution in [0.25, 0.3) is 0 Å². The molecule has 0 radical (unpaired) electrons. The second kappa shape index (κ2) is 9.53. The van der Waals surface area contributed by atoms with Gasteiger partial charge in [-0.2, -0.15) is 0 Å². The van der Waals surface area contributed by atoms with Crippen LogP contribution < -0.4 is 20.9 Å². The van der Waals surface area contributed by atoms with E-state index in [2.05, 4.69) is 16.2 Å². The number of hydrogen-bond donors (Lipinski definition) is 3. The van der Waals surface area contributed by atoms with Gasteiger partial charge in [-0.25, -0.2) is 0 Å². The zero-order valence-corrected chi connectivity index (χ0v) is 15.5. The molecule has 0 fully saturated rings. The highest BCUT2D eigenvalue weighted by atomic mass is 32.1. The van der Waals surface area contributed by atoms with Crippen molar-refractivity contribution in [1.29, 1.82) is 0 Å². The Labute approximate surface area is 157 Å². The number of ether oxygens (including phenoxy) is 1. The van der Waals surface area contributed by atoms with Gasteiger partial charge in [0.25, 0.3) is 5.91 Å². The summed E-state index contributed by atoms with van der Waals surface area (Å²) in [6, 6.07) is 15.0. The van der Waals surface area contributed by atoms with E-state index >= 15 is 0 Å². The van der Waals surface area contributed by atoms with Crippen LogP contribution in [0.4, 0.5) is 0 Å². The first-order valence-corrected chi connectivity index (χ1v) is 8.47. The van der Waals surface area contributed by atoms with Gasteiger partial charge in [-0.05, 0) is 54.9 Å². The van der Waals surface area contributed by atoms with Crippen molar-refractivity contribution in [1.82, 2.24) is 16.2 Å². The Morgan fingerprint density at radius 1 is 0.962 bits per heavy atom. The van der Waals surface area contributed by atoms with Gasteiger partial charge in [-0.15, -0.1) is 0 Å². The molecule has 3 N–H and O–H groups in total. The molecule has 0 unspecified atom stereocenters. The molecule has 2 aromatic carbocycles. The van der Waals surface area contributed by atoms with Crippen LogP contribution in [0.2, 0.25) is 0 Å². The molecule has 0 spiro atoms. The molecule has 0 aliphatic carbocycles. The third-order valence-electron chi connectivity index (χ3n) is 3.34. The highest BCUT2D eigenvalue weighted by molar-refractivity contribution is 7.80. The molecule has 7 heteroatoms. The molecule has 136 valence electrons. The summed E-state index contributed by atoms with van der Waals surface area (Å²) in [7, 11) is 0. The van der Waals surface area contributed by atoms with Gasteiger partial charge in [0.2, 0.25) is 5.91 Å². The number of carbonyl (C=O) groups excluding carboxylic acids is 2. The molecule has 2 amide bonds. The molecule has 6 nitrogen and oxygen atoms in total. The number of rotatable bonds is 5. The minimum Gasteiger partial charge on any atom is -0.484 e. The van der Waals surface area contributed by atoms with Gasteiger partial charge >= 0.3 is 0 Å². The van der Waals surface area contributed by atoms with Crippen LogP contribution in [0.15, 0.2) is 48.5 Å². The van der Waals surface area contributed by atoms with Crippen LogP contribution in [0.1, 0.15) is 16.7 Å². The lowest BCUT2D eigenvalue weighted by Crippen LogP contribution is -2.49. The molecule has 0 aliphatic heterocycles. The summed E-state index contributed by atoms with van der Waals surface area (Å²) in [6.45, 7) is 3.74. The maximum Gasteiger partial charge on any atom is 0.276 e. The zero-order valence-electron chi connectivity index (χ0n) is 14.7. The molecule has 0 aliphatic rings. The molecule has 26 heavy (non-hydrogen) atoms. The minimum atomic E-state index is -0.413. The van der Waals surface area contributed by atoms with Crippen molar-refractivity contribution in [2.24, 2.45) is 0 Å². The molecule has 0 bridgehead atoms. The number of amides is 2. The highest BCUT2D eigenvalue weighted by Gasteiger charge is 2.08. The van der Waals surface area contributed by atoms with Gasteiger partial charge in [0.1, 0.15) is 5.75 Å². The number of carbonyl (C=O) groups is 2. The van der Waals surface area contributed by atoms with E-state index in [4.69, 9.17) is 17.0 Å². The summed E-state index contributed by atoms with van der Waals surface area (Å²) in [5, 5.41) is 2.52. The summed E-state index contributed by atoms with van der Waals surface area (Å²) in [6.07, 6.45) is 0.201. The smallest absolute Gasteiger partial charge is 0.276 e. The monoisotopic (exact) mass is 371 g/mol. The first-order chi connectivity index (χ1) is 12.4. The first-order valence-electron chi connectivity index (χ1n) is 8.06. The van der Waals surface area contributed by atoms with Crippen LogP contribution in [0.3, 0.4) is 0 Å². The Hall–Kier alpha value is -2.93. The van der Waals surface area contributed by atoms with Crippen molar-refractivity contribution in [2.45, 2.75) is 20.3 Å². The fourth-order valence-corrected chi connectivity index (χ4v) is 2.48. The van der Waals surface area contributed by atoms with Crippen molar-refractivity contribution in [2.75, 3.05) is 6.61 Å². The maximum absolute atomic E-state index is 11.9. The molecule has 0 heterocycles. The number of hydrazine groups is 1. The van der Waals surface area contributed by atoms with E-state index in [1.165, 1.54) is 0 Å². The van der Waals surface area contributed by atoms with Gasteiger partial charge < -0.3 is 10.1 Å². The van der Waals surface area contributed by atoms with Crippen molar-refractivity contribution in [3.8, 4) is 5.75 Å². The molecule has 2 aromatic rings. The summed E-state index contributed by atoms with van der Waals surface area (Å²) >= 11 is 4.98. The number of hydrogen-bond acceptors (Lipinski definition) is 4. The second-order valence-electron chi connectivity index (χ2n) is 5.82. The average Bonchev–Trinajstić information content (AvgIpc) is 2.58. The SMILES string of the molecule is Cc1cc(C)cc(OCC(=O)NNC(=S)NC(=O)Cc2ccccc2)c1. The van der Waals surface area contributed by atoms with E-state index in [9.17, 15) is 9.59 Å². The van der Waals surface area contributed by atoms with Crippen molar-refractivity contribution >= 4 is 29.1 Å². The van der Waals surface area contributed by atoms with Gasteiger partial charge in [-0.3, -0.25) is 20.4 Å². The number of nitrogens with one attached hydrogen (secondary N) is 3. The Kier molecular flexibility index (Phi) is 7.11. The third-order valence-corrected chi connectivity index (χ3v) is 3.55. The van der Waals surface area contributed by atoms with Gasteiger partial charge in [0, 0.05) is 0 Å². The lowest BCUT2D eigenvalue weighted by molar-refractivity contribution is -0.124. The van der Waals surface area contributed by atoms with Crippen molar-refractivity contribution in [3.63, 3.8) is 0 Å². The summed E-state index contributed by atoms with van der Waals surface area (Å²) in [5.74, 6) is -0.0605. The molecule has 0 saturated carbocycles. The van der Waals surface area contributed by atoms with Gasteiger partial charge in [0.15, 0.2) is 11.7 Å². The Balaban J connectivity index is 1.69. The van der Waals surface area contributed by atoms with Crippen LogP contribution in [0, 0.1) is 13.8 Å². The zero-order chi connectivity index (χ0) is 18.9. The molecule has 0 saturated heterocycles. The summed E-state index contributed by atoms with van der Waals surface area (Å²) in [5.41, 5.74) is 7.85. The van der Waals surface area contributed by atoms with Crippen LogP contribution in [-0.4, -0.2) is 23.5 Å². The number of benzene rings is 2. The van der Waals surface area contributed by atoms with Gasteiger partial charge in [0.05, 0.1) is 6.42 Å².